The molecule has 112 valence electrons. The quantitative estimate of drug-likeness (QED) is 0.810. The van der Waals surface area contributed by atoms with Crippen LogP contribution in [0.5, 0.6) is 0 Å². The van der Waals surface area contributed by atoms with Crippen molar-refractivity contribution in [3.63, 3.8) is 0 Å². The van der Waals surface area contributed by atoms with Gasteiger partial charge in [0.1, 0.15) is 0 Å². The van der Waals surface area contributed by atoms with E-state index in [-0.39, 0.29) is 30.0 Å². The number of hydrogen-bond donors (Lipinski definition) is 1. The minimum atomic E-state index is -0.483. The van der Waals surface area contributed by atoms with Crippen LogP contribution in [0, 0.1) is 0 Å². The summed E-state index contributed by atoms with van der Waals surface area (Å²) in [6, 6.07) is 0. The molecule has 7 nitrogen and oxygen atoms in total. The van der Waals surface area contributed by atoms with E-state index in [2.05, 4.69) is 15.6 Å². The molecule has 0 fully saturated rings. The summed E-state index contributed by atoms with van der Waals surface area (Å²) in [7, 11) is 1.58. The first-order valence-electron chi connectivity index (χ1n) is 6.63. The van der Waals surface area contributed by atoms with Crippen LogP contribution in [0.4, 0.5) is 0 Å². The molecule has 0 aliphatic rings. The fraction of sp³-hybridized carbons (Fsp3) is 0.692. The lowest BCUT2D eigenvalue weighted by Gasteiger charge is -2.20. The number of amides is 1. The van der Waals surface area contributed by atoms with Crippen molar-refractivity contribution in [2.75, 3.05) is 13.7 Å². The van der Waals surface area contributed by atoms with Crippen molar-refractivity contribution in [1.82, 2.24) is 20.3 Å². The molecule has 1 amide bonds. The van der Waals surface area contributed by atoms with Gasteiger partial charge in [-0.2, -0.15) is 0 Å². The summed E-state index contributed by atoms with van der Waals surface area (Å²) in [5.74, 6) is -0.568. The molecule has 0 spiro atoms. The molecule has 7 heteroatoms. The zero-order valence-electron chi connectivity index (χ0n) is 12.7. The molecule has 0 bridgehead atoms. The third-order valence-corrected chi connectivity index (χ3v) is 2.74. The number of aromatic nitrogens is 3. The first kappa shape index (κ1) is 16.1. The van der Waals surface area contributed by atoms with Crippen LogP contribution in [0.25, 0.3) is 0 Å². The van der Waals surface area contributed by atoms with Crippen LogP contribution >= 0.6 is 0 Å². The summed E-state index contributed by atoms with van der Waals surface area (Å²) in [4.78, 5) is 23.2. The molecule has 20 heavy (non-hydrogen) atoms. The summed E-state index contributed by atoms with van der Waals surface area (Å²) >= 11 is 0. The first-order valence-corrected chi connectivity index (χ1v) is 6.63. The standard InChI is InChI=1S/C13H22N4O3/c1-6-20-12(19)10-11(13(2,3)4)17(16-15-10)8-7-9(18)14-5/h6-8H2,1-5H3,(H,14,18). The van der Waals surface area contributed by atoms with Crippen LogP contribution in [0.2, 0.25) is 0 Å². The van der Waals surface area contributed by atoms with Gasteiger partial charge in [-0.15, -0.1) is 5.10 Å². The van der Waals surface area contributed by atoms with Gasteiger partial charge in [-0.25, -0.2) is 9.48 Å². The van der Waals surface area contributed by atoms with E-state index in [1.807, 2.05) is 20.8 Å². The summed E-state index contributed by atoms with van der Waals surface area (Å²) < 4.78 is 6.59. The molecule has 0 aliphatic heterocycles. The van der Waals surface area contributed by atoms with Crippen LogP contribution in [0.15, 0.2) is 0 Å². The second-order valence-electron chi connectivity index (χ2n) is 5.40. The van der Waals surface area contributed by atoms with Crippen molar-refractivity contribution in [1.29, 1.82) is 0 Å². The molecule has 1 aromatic rings. The number of ether oxygens (including phenoxy) is 1. The van der Waals surface area contributed by atoms with Crippen molar-refractivity contribution in [3.8, 4) is 0 Å². The molecule has 0 atom stereocenters. The highest BCUT2D eigenvalue weighted by Gasteiger charge is 2.29. The maximum absolute atomic E-state index is 11.9. The fourth-order valence-corrected chi connectivity index (χ4v) is 1.88. The Kier molecular flexibility index (Phi) is 5.24. The van der Waals surface area contributed by atoms with E-state index in [4.69, 9.17) is 4.74 Å². The van der Waals surface area contributed by atoms with E-state index in [1.54, 1.807) is 18.7 Å². The zero-order chi connectivity index (χ0) is 15.3. The Hall–Kier alpha value is -1.92. The van der Waals surface area contributed by atoms with Crippen LogP contribution < -0.4 is 5.32 Å². The van der Waals surface area contributed by atoms with Crippen LogP contribution in [-0.4, -0.2) is 40.5 Å². The topological polar surface area (TPSA) is 86.1 Å². The average molecular weight is 282 g/mol. The van der Waals surface area contributed by atoms with E-state index in [0.717, 1.165) is 0 Å². The van der Waals surface area contributed by atoms with Crippen LogP contribution in [0.3, 0.4) is 0 Å². The van der Waals surface area contributed by atoms with E-state index < -0.39 is 5.97 Å². The summed E-state index contributed by atoms with van der Waals surface area (Å²) in [6.07, 6.45) is 0.283. The normalized spacial score (nSPS) is 11.2. The average Bonchev–Trinajstić information content (AvgIpc) is 2.80. The predicted octanol–water partition coefficient (Wildman–Crippen LogP) is 0.888. The van der Waals surface area contributed by atoms with E-state index in [0.29, 0.717) is 12.2 Å². The molecule has 0 unspecified atom stereocenters. The Bertz CT molecular complexity index is 488. The predicted molar refractivity (Wildman–Crippen MR) is 73.4 cm³/mol. The Morgan fingerprint density at radius 2 is 2.00 bits per heavy atom. The lowest BCUT2D eigenvalue weighted by Crippen LogP contribution is -2.25. The van der Waals surface area contributed by atoms with Gasteiger partial charge in [-0.1, -0.05) is 26.0 Å². The summed E-state index contributed by atoms with van der Waals surface area (Å²) in [5.41, 5.74) is 0.574. The number of nitrogens with one attached hydrogen (secondary N) is 1. The van der Waals surface area contributed by atoms with E-state index in [9.17, 15) is 9.59 Å². The minimum absolute atomic E-state index is 0.0851. The fourth-order valence-electron chi connectivity index (χ4n) is 1.88. The van der Waals surface area contributed by atoms with Gasteiger partial charge < -0.3 is 10.1 Å². The molecule has 0 aromatic carbocycles. The Balaban J connectivity index is 3.07. The highest BCUT2D eigenvalue weighted by atomic mass is 16.5. The second-order valence-corrected chi connectivity index (χ2v) is 5.40. The van der Waals surface area contributed by atoms with Gasteiger partial charge in [0.05, 0.1) is 18.8 Å². The van der Waals surface area contributed by atoms with Crippen LogP contribution in [-0.2, 0) is 21.5 Å². The summed E-state index contributed by atoms with van der Waals surface area (Å²) in [6.45, 7) is 8.29. The van der Waals surface area contributed by atoms with E-state index >= 15 is 0 Å². The molecule has 0 aliphatic carbocycles. The van der Waals surface area contributed by atoms with Gasteiger partial charge in [0.2, 0.25) is 5.91 Å². The molecular weight excluding hydrogens is 260 g/mol. The van der Waals surface area contributed by atoms with Gasteiger partial charge in [-0.05, 0) is 6.92 Å². The van der Waals surface area contributed by atoms with Gasteiger partial charge >= 0.3 is 5.97 Å². The Morgan fingerprint density at radius 3 is 2.50 bits per heavy atom. The number of carbonyl (C=O) groups is 2. The second kappa shape index (κ2) is 6.49. The molecule has 1 heterocycles. The molecule has 1 N–H and O–H groups in total. The number of esters is 1. The lowest BCUT2D eigenvalue weighted by molar-refractivity contribution is -0.120. The van der Waals surface area contributed by atoms with Crippen molar-refractivity contribution in [2.24, 2.45) is 0 Å². The highest BCUT2D eigenvalue weighted by molar-refractivity contribution is 5.88. The molecule has 0 radical (unpaired) electrons. The molecular formula is C13H22N4O3. The van der Waals surface area contributed by atoms with Crippen molar-refractivity contribution >= 4 is 11.9 Å². The van der Waals surface area contributed by atoms with Gasteiger partial charge in [0.15, 0.2) is 5.69 Å². The Morgan fingerprint density at radius 1 is 1.35 bits per heavy atom. The summed E-state index contributed by atoms with van der Waals surface area (Å²) in [5, 5.41) is 10.4. The molecule has 1 rings (SSSR count). The number of carbonyl (C=O) groups excluding carboxylic acids is 2. The third kappa shape index (κ3) is 3.79. The third-order valence-electron chi connectivity index (χ3n) is 2.74. The van der Waals surface area contributed by atoms with E-state index in [1.165, 1.54) is 0 Å². The van der Waals surface area contributed by atoms with Gasteiger partial charge in [0, 0.05) is 18.9 Å². The number of nitrogens with zero attached hydrogens (tertiary/aromatic N) is 3. The van der Waals surface area contributed by atoms with Crippen LogP contribution in [0.1, 0.15) is 50.3 Å². The molecule has 0 saturated carbocycles. The van der Waals surface area contributed by atoms with Crippen molar-refractivity contribution in [3.05, 3.63) is 11.4 Å². The number of rotatable bonds is 5. The zero-order valence-corrected chi connectivity index (χ0v) is 12.7. The molecule has 0 saturated heterocycles. The minimum Gasteiger partial charge on any atom is -0.461 e. The smallest absolute Gasteiger partial charge is 0.360 e. The lowest BCUT2D eigenvalue weighted by atomic mass is 9.90. The Labute approximate surface area is 118 Å². The van der Waals surface area contributed by atoms with Gasteiger partial charge in [0.25, 0.3) is 0 Å². The van der Waals surface area contributed by atoms with Crippen molar-refractivity contribution < 1.29 is 14.3 Å². The maximum atomic E-state index is 11.9. The largest absolute Gasteiger partial charge is 0.461 e. The number of hydrogen-bond acceptors (Lipinski definition) is 5. The highest BCUT2D eigenvalue weighted by Crippen LogP contribution is 2.25. The maximum Gasteiger partial charge on any atom is 0.360 e. The number of aryl methyl sites for hydroxylation is 1. The van der Waals surface area contributed by atoms with Gasteiger partial charge in [-0.3, -0.25) is 4.79 Å². The first-order chi connectivity index (χ1) is 9.31. The monoisotopic (exact) mass is 282 g/mol. The van der Waals surface area contributed by atoms with Crippen molar-refractivity contribution in [2.45, 2.75) is 46.1 Å². The molecule has 1 aromatic heterocycles. The SMILES string of the molecule is CCOC(=O)c1nnn(CCC(=O)NC)c1C(C)(C)C.